The first-order valence-corrected chi connectivity index (χ1v) is 6.67. The number of aromatic nitrogens is 4. The Hall–Kier alpha value is -2.40. The van der Waals surface area contributed by atoms with Crippen LogP contribution in [-0.2, 0) is 13.1 Å². The van der Waals surface area contributed by atoms with Crippen LogP contribution in [0.4, 0.5) is 0 Å². The smallest absolute Gasteiger partial charge is 0.0991 e. The van der Waals surface area contributed by atoms with Crippen molar-refractivity contribution in [2.75, 3.05) is 6.54 Å². The molecule has 102 valence electrons. The van der Waals surface area contributed by atoms with Crippen LogP contribution in [0.5, 0.6) is 0 Å². The molecule has 0 radical (unpaired) electrons. The average molecular weight is 267 g/mol. The van der Waals surface area contributed by atoms with Gasteiger partial charge in [-0.25, -0.2) is 4.98 Å². The second-order valence-corrected chi connectivity index (χ2v) is 4.58. The molecule has 0 saturated carbocycles. The molecule has 0 amide bonds. The van der Waals surface area contributed by atoms with E-state index >= 15 is 0 Å². The Kier molecular flexibility index (Phi) is 3.89. The lowest BCUT2D eigenvalue weighted by molar-refractivity contribution is 0.555. The van der Waals surface area contributed by atoms with E-state index in [1.54, 1.807) is 18.7 Å². The molecule has 0 aliphatic heterocycles. The second-order valence-electron chi connectivity index (χ2n) is 4.58. The van der Waals surface area contributed by atoms with Gasteiger partial charge in [0.1, 0.15) is 0 Å². The van der Waals surface area contributed by atoms with E-state index in [2.05, 4.69) is 39.7 Å². The largest absolute Gasteiger partial charge is 0.311 e. The Bertz CT molecular complexity index is 611. The molecule has 5 nitrogen and oxygen atoms in total. The first-order valence-electron chi connectivity index (χ1n) is 6.67. The molecule has 0 bridgehead atoms. The summed E-state index contributed by atoms with van der Waals surface area (Å²) < 4.78 is 3.92. The third-order valence-electron chi connectivity index (χ3n) is 3.14. The number of imidazole rings is 1. The lowest BCUT2D eigenvalue weighted by atomic mass is 10.2. The number of hydrogen-bond donors (Lipinski definition) is 1. The number of nitrogens with one attached hydrogen (secondary N) is 1. The third-order valence-corrected chi connectivity index (χ3v) is 3.14. The maximum Gasteiger partial charge on any atom is 0.0991 e. The zero-order chi connectivity index (χ0) is 13.6. The first kappa shape index (κ1) is 12.6. The third kappa shape index (κ3) is 3.13. The van der Waals surface area contributed by atoms with Gasteiger partial charge in [0.15, 0.2) is 0 Å². The van der Waals surface area contributed by atoms with Crippen LogP contribution in [0, 0.1) is 0 Å². The molecule has 5 heteroatoms. The predicted molar refractivity (Wildman–Crippen MR) is 77.5 cm³/mol. The second kappa shape index (κ2) is 6.16. The van der Waals surface area contributed by atoms with Gasteiger partial charge >= 0.3 is 0 Å². The number of benzene rings is 1. The van der Waals surface area contributed by atoms with E-state index in [0.717, 1.165) is 25.3 Å². The normalized spacial score (nSPS) is 10.8. The summed E-state index contributed by atoms with van der Waals surface area (Å²) in [6.07, 6.45) is 9.30. The lowest BCUT2D eigenvalue weighted by Crippen LogP contribution is -2.19. The zero-order valence-electron chi connectivity index (χ0n) is 11.2. The lowest BCUT2D eigenvalue weighted by Gasteiger charge is -2.07. The van der Waals surface area contributed by atoms with E-state index in [1.807, 2.05) is 27.7 Å². The molecule has 20 heavy (non-hydrogen) atoms. The summed E-state index contributed by atoms with van der Waals surface area (Å²) in [5.74, 6) is 0. The summed E-state index contributed by atoms with van der Waals surface area (Å²) >= 11 is 0. The molecule has 1 N–H and O–H groups in total. The van der Waals surface area contributed by atoms with Crippen molar-refractivity contribution in [2.45, 2.75) is 13.1 Å². The summed E-state index contributed by atoms with van der Waals surface area (Å²) in [5, 5.41) is 7.58. The van der Waals surface area contributed by atoms with Crippen LogP contribution in [0.2, 0.25) is 0 Å². The Morgan fingerprint density at radius 1 is 1.05 bits per heavy atom. The minimum absolute atomic E-state index is 0.867. The maximum atomic E-state index is 4.17. The molecular weight excluding hydrogens is 250 g/mol. The highest BCUT2D eigenvalue weighted by molar-refractivity contribution is 5.34. The van der Waals surface area contributed by atoms with Crippen molar-refractivity contribution >= 4 is 0 Å². The molecule has 2 heterocycles. The van der Waals surface area contributed by atoms with Gasteiger partial charge in [-0.05, 0) is 23.8 Å². The van der Waals surface area contributed by atoms with Gasteiger partial charge in [0.2, 0.25) is 0 Å². The Labute approximate surface area is 117 Å². The van der Waals surface area contributed by atoms with Crippen LogP contribution in [-0.4, -0.2) is 25.9 Å². The monoisotopic (exact) mass is 267 g/mol. The summed E-state index contributed by atoms with van der Waals surface area (Å²) in [4.78, 5) is 4.05. The minimum atomic E-state index is 0.867. The molecular formula is C15H17N5. The van der Waals surface area contributed by atoms with Crippen molar-refractivity contribution in [3.8, 4) is 5.69 Å². The first-order chi connectivity index (χ1) is 9.92. The van der Waals surface area contributed by atoms with Gasteiger partial charge in [-0.2, -0.15) is 5.10 Å². The zero-order valence-corrected chi connectivity index (χ0v) is 11.2. The molecule has 3 aromatic rings. The fourth-order valence-corrected chi connectivity index (χ4v) is 2.06. The SMILES string of the molecule is c1cnn(CCNCc2ccc(-n3ccnc3)cc2)c1. The van der Waals surface area contributed by atoms with Gasteiger partial charge in [0, 0.05) is 43.6 Å². The van der Waals surface area contributed by atoms with Crippen LogP contribution >= 0.6 is 0 Å². The summed E-state index contributed by atoms with van der Waals surface area (Å²) in [6.45, 7) is 2.66. The topological polar surface area (TPSA) is 47.7 Å². The van der Waals surface area contributed by atoms with Crippen LogP contribution < -0.4 is 5.32 Å². The van der Waals surface area contributed by atoms with Crippen molar-refractivity contribution in [3.63, 3.8) is 0 Å². The van der Waals surface area contributed by atoms with Crippen molar-refractivity contribution < 1.29 is 0 Å². The highest BCUT2D eigenvalue weighted by Crippen LogP contribution is 2.08. The average Bonchev–Trinajstić information content (AvgIpc) is 3.17. The van der Waals surface area contributed by atoms with Gasteiger partial charge in [0.25, 0.3) is 0 Å². The quantitative estimate of drug-likeness (QED) is 0.693. The van der Waals surface area contributed by atoms with E-state index < -0.39 is 0 Å². The Balaban J connectivity index is 1.48. The molecule has 3 rings (SSSR count). The fraction of sp³-hybridized carbons (Fsp3) is 0.200. The molecule has 2 aromatic heterocycles. The van der Waals surface area contributed by atoms with Gasteiger partial charge in [-0.3, -0.25) is 4.68 Å². The van der Waals surface area contributed by atoms with Gasteiger partial charge in [-0.15, -0.1) is 0 Å². The summed E-state index contributed by atoms with van der Waals surface area (Å²) in [5.41, 5.74) is 2.40. The van der Waals surface area contributed by atoms with Crippen molar-refractivity contribution in [2.24, 2.45) is 0 Å². The van der Waals surface area contributed by atoms with Gasteiger partial charge in [-0.1, -0.05) is 12.1 Å². The number of nitrogens with zero attached hydrogens (tertiary/aromatic N) is 4. The highest BCUT2D eigenvalue weighted by atomic mass is 15.3. The fourth-order valence-electron chi connectivity index (χ4n) is 2.06. The van der Waals surface area contributed by atoms with Crippen LogP contribution in [0.25, 0.3) is 5.69 Å². The molecule has 0 saturated heterocycles. The summed E-state index contributed by atoms with van der Waals surface area (Å²) in [7, 11) is 0. The predicted octanol–water partition coefficient (Wildman–Crippen LogP) is 1.86. The highest BCUT2D eigenvalue weighted by Gasteiger charge is 1.97. The van der Waals surface area contributed by atoms with E-state index in [0.29, 0.717) is 0 Å². The van der Waals surface area contributed by atoms with E-state index in [-0.39, 0.29) is 0 Å². The molecule has 0 aliphatic rings. The molecule has 0 unspecified atom stereocenters. The molecule has 1 aromatic carbocycles. The Morgan fingerprint density at radius 2 is 1.95 bits per heavy atom. The van der Waals surface area contributed by atoms with Crippen molar-refractivity contribution in [3.05, 3.63) is 67.0 Å². The molecule has 0 fully saturated rings. The number of hydrogen-bond acceptors (Lipinski definition) is 3. The standard InChI is InChI=1S/C15H17N5/c1-6-18-20(9-1)11-8-16-12-14-2-4-15(5-3-14)19-10-7-17-13-19/h1-7,9-10,13,16H,8,11-12H2. The van der Waals surface area contributed by atoms with Crippen LogP contribution in [0.3, 0.4) is 0 Å². The van der Waals surface area contributed by atoms with Gasteiger partial charge < -0.3 is 9.88 Å². The van der Waals surface area contributed by atoms with Crippen molar-refractivity contribution in [1.82, 2.24) is 24.6 Å². The Morgan fingerprint density at radius 3 is 2.65 bits per heavy atom. The molecule has 0 aliphatic carbocycles. The minimum Gasteiger partial charge on any atom is -0.311 e. The molecule has 0 atom stereocenters. The maximum absolute atomic E-state index is 4.17. The van der Waals surface area contributed by atoms with E-state index in [1.165, 1.54) is 5.56 Å². The van der Waals surface area contributed by atoms with Crippen LogP contribution in [0.1, 0.15) is 5.56 Å². The van der Waals surface area contributed by atoms with E-state index in [4.69, 9.17) is 0 Å². The summed E-state index contributed by atoms with van der Waals surface area (Å²) in [6, 6.07) is 10.4. The number of rotatable bonds is 6. The van der Waals surface area contributed by atoms with Crippen molar-refractivity contribution in [1.29, 1.82) is 0 Å². The van der Waals surface area contributed by atoms with Gasteiger partial charge in [0.05, 0.1) is 12.9 Å². The molecule has 0 spiro atoms. The van der Waals surface area contributed by atoms with E-state index in [9.17, 15) is 0 Å². The van der Waals surface area contributed by atoms with Crippen LogP contribution in [0.15, 0.2) is 61.4 Å².